The van der Waals surface area contributed by atoms with Gasteiger partial charge in [0.05, 0.1) is 27.3 Å². The van der Waals surface area contributed by atoms with Crippen molar-refractivity contribution in [2.24, 2.45) is 5.92 Å². The Bertz CT molecular complexity index is 1000. The van der Waals surface area contributed by atoms with Gasteiger partial charge >= 0.3 is 6.09 Å². The Hall–Kier alpha value is -2.00. The van der Waals surface area contributed by atoms with Gasteiger partial charge in [-0.05, 0) is 62.4 Å². The summed E-state index contributed by atoms with van der Waals surface area (Å²) < 4.78 is 6.43. The normalized spacial score (nSPS) is 18.8. The number of likely N-dealkylation sites (N-methyl/N-ethyl adjacent to an activating group) is 1. The highest BCUT2D eigenvalue weighted by Crippen LogP contribution is 2.40. The minimum Gasteiger partial charge on any atom is -0.444 e. The van der Waals surface area contributed by atoms with E-state index in [1.807, 2.05) is 27.0 Å². The number of ether oxygens (including phenoxy) is 1. The number of nitrogens with zero attached hydrogens (tertiary/aromatic N) is 3. The third kappa shape index (κ3) is 5.31. The van der Waals surface area contributed by atoms with Gasteiger partial charge in [0.1, 0.15) is 11.2 Å². The van der Waals surface area contributed by atoms with E-state index in [-0.39, 0.29) is 36.4 Å². The number of H-pyrrole nitrogens is 1. The monoisotopic (exact) mass is 527 g/mol. The number of halogens is 2. The molecule has 2 aliphatic rings. The van der Waals surface area contributed by atoms with Crippen molar-refractivity contribution in [1.82, 2.24) is 14.9 Å². The number of rotatable bonds is 4. The zero-order valence-corrected chi connectivity index (χ0v) is 21.3. The van der Waals surface area contributed by atoms with Crippen LogP contribution in [0.5, 0.6) is 0 Å². The molecule has 3 heterocycles. The summed E-state index contributed by atoms with van der Waals surface area (Å²) in [6.07, 6.45) is 7.04. The maximum absolute atomic E-state index is 12.6. The first kappa shape index (κ1) is 24.6. The van der Waals surface area contributed by atoms with Gasteiger partial charge in [0.2, 0.25) is 5.91 Å². The van der Waals surface area contributed by atoms with Crippen LogP contribution >= 0.6 is 28.3 Å². The van der Waals surface area contributed by atoms with Crippen LogP contribution in [0.2, 0.25) is 0 Å². The molecule has 32 heavy (non-hydrogen) atoms. The molecular formula is C22H31BrClN5O3. The zero-order chi connectivity index (χ0) is 22.3. The number of pyridine rings is 1. The molecule has 1 aliphatic carbocycles. The summed E-state index contributed by atoms with van der Waals surface area (Å²) in [5.41, 5.74) is 1.93. The van der Waals surface area contributed by atoms with Crippen LogP contribution in [-0.2, 0) is 9.53 Å². The molecule has 1 saturated heterocycles. The topological polar surface area (TPSA) is 90.6 Å². The van der Waals surface area contributed by atoms with Gasteiger partial charge in [-0.25, -0.2) is 9.78 Å². The molecule has 0 unspecified atom stereocenters. The van der Waals surface area contributed by atoms with Crippen molar-refractivity contribution in [2.75, 3.05) is 30.4 Å². The summed E-state index contributed by atoms with van der Waals surface area (Å²) >= 11 is 3.67. The summed E-state index contributed by atoms with van der Waals surface area (Å²) in [5, 5.41) is 3.96. The Morgan fingerprint density at radius 2 is 2.03 bits per heavy atom. The fraction of sp³-hybridized carbons (Fsp3) is 0.591. The van der Waals surface area contributed by atoms with Crippen LogP contribution in [-0.4, -0.2) is 58.6 Å². The predicted octanol–water partition coefficient (Wildman–Crippen LogP) is 4.93. The number of aromatic nitrogens is 2. The third-order valence-corrected chi connectivity index (χ3v) is 6.36. The number of piperidine rings is 1. The predicted molar refractivity (Wildman–Crippen MR) is 132 cm³/mol. The van der Waals surface area contributed by atoms with Gasteiger partial charge < -0.3 is 24.8 Å². The maximum Gasteiger partial charge on any atom is 0.410 e. The molecule has 1 aliphatic heterocycles. The van der Waals surface area contributed by atoms with Crippen molar-refractivity contribution >= 4 is 62.7 Å². The van der Waals surface area contributed by atoms with E-state index >= 15 is 0 Å². The van der Waals surface area contributed by atoms with Gasteiger partial charge in [0, 0.05) is 38.4 Å². The SMILES string of the molecule is CN(C(=O)OC(C)(C)C)[C@@H]1CCCN(c2c(Br)cnc3[nH]cc(NC(=O)C4CC4)c23)C1.Cl. The van der Waals surface area contributed by atoms with Crippen molar-refractivity contribution in [2.45, 2.75) is 58.1 Å². The van der Waals surface area contributed by atoms with Gasteiger partial charge in [0.25, 0.3) is 0 Å². The first-order chi connectivity index (χ1) is 14.6. The van der Waals surface area contributed by atoms with Crippen molar-refractivity contribution in [1.29, 1.82) is 0 Å². The molecule has 2 aromatic heterocycles. The molecule has 176 valence electrons. The number of nitrogens with one attached hydrogen (secondary N) is 2. The van der Waals surface area contributed by atoms with E-state index in [4.69, 9.17) is 4.74 Å². The van der Waals surface area contributed by atoms with E-state index in [0.717, 1.165) is 59.1 Å². The summed E-state index contributed by atoms with van der Waals surface area (Å²) in [7, 11) is 1.80. The lowest BCUT2D eigenvalue weighted by molar-refractivity contribution is -0.117. The molecule has 4 rings (SSSR count). The van der Waals surface area contributed by atoms with E-state index in [2.05, 4.69) is 36.1 Å². The van der Waals surface area contributed by atoms with Crippen LogP contribution in [0.3, 0.4) is 0 Å². The fourth-order valence-electron chi connectivity index (χ4n) is 4.00. The molecule has 1 saturated carbocycles. The number of hydrogen-bond donors (Lipinski definition) is 2. The molecule has 2 aromatic rings. The van der Waals surface area contributed by atoms with Crippen molar-refractivity contribution in [3.8, 4) is 0 Å². The van der Waals surface area contributed by atoms with Crippen molar-refractivity contribution in [3.63, 3.8) is 0 Å². The Kier molecular flexibility index (Phi) is 7.29. The highest BCUT2D eigenvalue weighted by Gasteiger charge is 2.33. The van der Waals surface area contributed by atoms with E-state index in [1.54, 1.807) is 18.1 Å². The van der Waals surface area contributed by atoms with Crippen LogP contribution in [0.4, 0.5) is 16.2 Å². The molecule has 0 radical (unpaired) electrons. The molecule has 2 N–H and O–H groups in total. The Labute approximate surface area is 203 Å². The average molecular weight is 529 g/mol. The number of carbonyl (C=O) groups is 2. The van der Waals surface area contributed by atoms with Crippen LogP contribution in [0.1, 0.15) is 46.5 Å². The summed E-state index contributed by atoms with van der Waals surface area (Å²) in [5.74, 6) is 0.184. The first-order valence-corrected chi connectivity index (χ1v) is 11.6. The lowest BCUT2D eigenvalue weighted by Gasteiger charge is -2.39. The molecule has 8 nitrogen and oxygen atoms in total. The summed E-state index contributed by atoms with van der Waals surface area (Å²) in [6, 6.07) is 0.0298. The van der Waals surface area contributed by atoms with Crippen molar-refractivity contribution in [3.05, 3.63) is 16.9 Å². The van der Waals surface area contributed by atoms with Gasteiger partial charge in [-0.2, -0.15) is 0 Å². The first-order valence-electron chi connectivity index (χ1n) is 10.8. The van der Waals surface area contributed by atoms with Crippen LogP contribution in [0, 0.1) is 5.92 Å². The van der Waals surface area contributed by atoms with E-state index < -0.39 is 5.60 Å². The zero-order valence-electron chi connectivity index (χ0n) is 18.9. The molecule has 2 amide bonds. The number of aromatic amines is 1. The van der Waals surface area contributed by atoms with Crippen LogP contribution in [0.15, 0.2) is 16.9 Å². The highest BCUT2D eigenvalue weighted by molar-refractivity contribution is 9.10. The quantitative estimate of drug-likeness (QED) is 0.587. The Morgan fingerprint density at radius 1 is 1.31 bits per heavy atom. The lowest BCUT2D eigenvalue weighted by Crippen LogP contribution is -2.50. The smallest absolute Gasteiger partial charge is 0.410 e. The second kappa shape index (κ2) is 9.47. The highest BCUT2D eigenvalue weighted by atomic mass is 79.9. The Morgan fingerprint density at radius 3 is 2.69 bits per heavy atom. The van der Waals surface area contributed by atoms with Crippen LogP contribution in [0.25, 0.3) is 11.0 Å². The molecule has 0 bridgehead atoms. The van der Waals surface area contributed by atoms with Gasteiger partial charge in [-0.3, -0.25) is 4.79 Å². The number of fused-ring (bicyclic) bond motifs is 1. The Balaban J connectivity index is 0.00000289. The average Bonchev–Trinajstić information content (AvgIpc) is 3.49. The standard InChI is InChI=1S/C22H30BrN5O3.ClH/c1-22(2,3)31-21(30)27(4)14-6-5-9-28(12-14)18-15(23)10-24-19-17(18)16(11-25-19)26-20(29)13-7-8-13;/h10-11,13-14H,5-9,12H2,1-4H3,(H,24,25)(H,26,29);1H/t14-;/m1./s1. The van der Waals surface area contributed by atoms with E-state index in [1.165, 1.54) is 0 Å². The largest absolute Gasteiger partial charge is 0.444 e. The molecule has 1 atom stereocenters. The molecule has 0 aromatic carbocycles. The maximum atomic E-state index is 12.6. The van der Waals surface area contributed by atoms with Gasteiger partial charge in [-0.15, -0.1) is 12.4 Å². The fourth-order valence-corrected chi connectivity index (χ4v) is 4.55. The van der Waals surface area contributed by atoms with Crippen LogP contribution < -0.4 is 10.2 Å². The molecule has 0 spiro atoms. The number of hydrogen-bond acceptors (Lipinski definition) is 5. The number of anilines is 2. The summed E-state index contributed by atoms with van der Waals surface area (Å²) in [4.78, 5) is 36.6. The minimum absolute atomic E-state index is 0. The molecule has 2 fully saturated rings. The molecule has 10 heteroatoms. The second-order valence-electron chi connectivity index (χ2n) is 9.48. The van der Waals surface area contributed by atoms with Gasteiger partial charge in [-0.1, -0.05) is 0 Å². The molecular weight excluding hydrogens is 498 g/mol. The summed E-state index contributed by atoms with van der Waals surface area (Å²) in [6.45, 7) is 7.16. The van der Waals surface area contributed by atoms with E-state index in [9.17, 15) is 9.59 Å². The van der Waals surface area contributed by atoms with Crippen molar-refractivity contribution < 1.29 is 14.3 Å². The lowest BCUT2D eigenvalue weighted by atomic mass is 10.0. The number of carbonyl (C=O) groups excluding carboxylic acids is 2. The minimum atomic E-state index is -0.528. The number of amides is 2. The van der Waals surface area contributed by atoms with Gasteiger partial charge in [0.15, 0.2) is 0 Å². The third-order valence-electron chi connectivity index (χ3n) is 5.78. The second-order valence-corrected chi connectivity index (χ2v) is 10.3. The van der Waals surface area contributed by atoms with E-state index in [0.29, 0.717) is 6.54 Å².